The van der Waals surface area contributed by atoms with Gasteiger partial charge in [0.05, 0.1) is 31.4 Å². The first-order chi connectivity index (χ1) is 12.6. The van der Waals surface area contributed by atoms with Crippen LogP contribution >= 0.6 is 0 Å². The van der Waals surface area contributed by atoms with Crippen molar-refractivity contribution in [2.75, 3.05) is 19.5 Å². The van der Waals surface area contributed by atoms with Gasteiger partial charge in [0, 0.05) is 5.69 Å². The second-order valence-corrected chi connectivity index (χ2v) is 6.31. The van der Waals surface area contributed by atoms with Gasteiger partial charge >= 0.3 is 11.9 Å². The monoisotopic (exact) mass is 357 g/mol. The number of nitrogens with one attached hydrogen (secondary N) is 1. The van der Waals surface area contributed by atoms with E-state index in [4.69, 9.17) is 14.2 Å². The van der Waals surface area contributed by atoms with Gasteiger partial charge in [0.15, 0.2) is 0 Å². The van der Waals surface area contributed by atoms with Crippen LogP contribution in [-0.2, 0) is 23.8 Å². The number of hydrogen-bond acceptors (Lipinski definition) is 6. The molecular formula is C20H23NO5. The van der Waals surface area contributed by atoms with E-state index < -0.39 is 23.6 Å². The third-order valence-corrected chi connectivity index (χ3v) is 4.79. The maximum absolute atomic E-state index is 12.6. The van der Waals surface area contributed by atoms with E-state index in [1.165, 1.54) is 14.2 Å². The Hall–Kier alpha value is -2.60. The maximum Gasteiger partial charge on any atom is 0.337 e. The standard InChI is InChI=1S/C20H23NO5/c1-4-8-15(21-13-9-6-5-7-10-13)20-12-11-14(26-20)16(18(22)24-2)17(20)19(23)25-3/h5-7,9-12,14-15,21H,4,8H2,1-3H3/t14-,15+,20?/m0/s1. The zero-order valence-electron chi connectivity index (χ0n) is 15.2. The van der Waals surface area contributed by atoms with E-state index in [1.54, 1.807) is 6.08 Å². The predicted octanol–water partition coefficient (Wildman–Crippen LogP) is 2.62. The van der Waals surface area contributed by atoms with E-state index in [9.17, 15) is 9.59 Å². The lowest BCUT2D eigenvalue weighted by atomic mass is 9.79. The first-order valence-corrected chi connectivity index (χ1v) is 8.67. The Labute approximate surface area is 152 Å². The summed E-state index contributed by atoms with van der Waals surface area (Å²) in [6, 6.07) is 9.46. The number of carbonyl (C=O) groups is 2. The highest BCUT2D eigenvalue weighted by Crippen LogP contribution is 2.47. The molecule has 1 aromatic rings. The molecule has 2 aliphatic rings. The van der Waals surface area contributed by atoms with E-state index in [0.29, 0.717) is 0 Å². The van der Waals surface area contributed by atoms with Gasteiger partial charge in [-0.15, -0.1) is 0 Å². The smallest absolute Gasteiger partial charge is 0.337 e. The Morgan fingerprint density at radius 1 is 1.19 bits per heavy atom. The van der Waals surface area contributed by atoms with Crippen molar-refractivity contribution in [2.45, 2.75) is 37.5 Å². The predicted molar refractivity (Wildman–Crippen MR) is 96.6 cm³/mol. The van der Waals surface area contributed by atoms with Crippen molar-refractivity contribution in [3.8, 4) is 0 Å². The average molecular weight is 357 g/mol. The number of fused-ring (bicyclic) bond motifs is 2. The third kappa shape index (κ3) is 2.90. The summed E-state index contributed by atoms with van der Waals surface area (Å²) in [6.07, 6.45) is 4.66. The number of rotatable bonds is 7. The Bertz CT molecular complexity index is 755. The molecule has 0 spiro atoms. The minimum absolute atomic E-state index is 0.220. The quantitative estimate of drug-likeness (QED) is 0.597. The van der Waals surface area contributed by atoms with Gasteiger partial charge in [-0.25, -0.2) is 9.59 Å². The van der Waals surface area contributed by atoms with Crippen LogP contribution in [0.25, 0.3) is 0 Å². The number of carbonyl (C=O) groups excluding carboxylic acids is 2. The van der Waals surface area contributed by atoms with Crippen molar-refractivity contribution in [1.82, 2.24) is 0 Å². The van der Waals surface area contributed by atoms with Crippen LogP contribution in [-0.4, -0.2) is 43.9 Å². The molecule has 26 heavy (non-hydrogen) atoms. The normalized spacial score (nSPS) is 24.5. The van der Waals surface area contributed by atoms with Crippen LogP contribution in [0.15, 0.2) is 53.6 Å². The fourth-order valence-corrected chi connectivity index (χ4v) is 3.66. The SMILES string of the molecule is CCC[C@@H](Nc1ccccc1)C12C=C[C@H](O1)C(C(=O)OC)=C2C(=O)OC. The van der Waals surface area contributed by atoms with Gasteiger partial charge in [0.25, 0.3) is 0 Å². The molecule has 2 heterocycles. The van der Waals surface area contributed by atoms with Crippen LogP contribution in [0, 0.1) is 0 Å². The Kier molecular flexibility index (Phi) is 5.13. The maximum atomic E-state index is 12.6. The molecule has 138 valence electrons. The van der Waals surface area contributed by atoms with Crippen LogP contribution in [0.1, 0.15) is 19.8 Å². The largest absolute Gasteiger partial charge is 0.466 e. The van der Waals surface area contributed by atoms with Crippen LogP contribution in [0.3, 0.4) is 0 Å². The van der Waals surface area contributed by atoms with Crippen molar-refractivity contribution >= 4 is 17.6 Å². The highest BCUT2D eigenvalue weighted by Gasteiger charge is 2.58. The molecule has 6 heteroatoms. The minimum atomic E-state index is -1.06. The Morgan fingerprint density at radius 3 is 2.50 bits per heavy atom. The molecule has 1 aromatic carbocycles. The van der Waals surface area contributed by atoms with Gasteiger partial charge in [-0.1, -0.05) is 37.6 Å². The molecule has 1 N–H and O–H groups in total. The number of para-hydroxylation sites is 1. The summed E-state index contributed by atoms with van der Waals surface area (Å²) in [5.41, 5.74) is 0.295. The van der Waals surface area contributed by atoms with Gasteiger partial charge in [-0.05, 0) is 24.6 Å². The van der Waals surface area contributed by atoms with Gasteiger partial charge in [0.1, 0.15) is 11.7 Å². The van der Waals surface area contributed by atoms with E-state index in [0.717, 1.165) is 18.5 Å². The molecule has 0 aliphatic carbocycles. The summed E-state index contributed by atoms with van der Waals surface area (Å²) in [6.45, 7) is 2.06. The van der Waals surface area contributed by atoms with Crippen molar-refractivity contribution in [2.24, 2.45) is 0 Å². The van der Waals surface area contributed by atoms with E-state index in [-0.39, 0.29) is 17.2 Å². The van der Waals surface area contributed by atoms with Gasteiger partial charge in [-0.3, -0.25) is 0 Å². The first kappa shape index (κ1) is 18.2. The Balaban J connectivity index is 2.06. The number of hydrogen-bond donors (Lipinski definition) is 1. The molecule has 2 bridgehead atoms. The summed E-state index contributed by atoms with van der Waals surface area (Å²) < 4.78 is 16.0. The second kappa shape index (κ2) is 7.33. The van der Waals surface area contributed by atoms with Crippen LogP contribution in [0.2, 0.25) is 0 Å². The summed E-state index contributed by atoms with van der Waals surface area (Å²) >= 11 is 0. The average Bonchev–Trinajstić information content (AvgIpc) is 3.25. The van der Waals surface area contributed by atoms with E-state index >= 15 is 0 Å². The number of anilines is 1. The molecule has 6 nitrogen and oxygen atoms in total. The first-order valence-electron chi connectivity index (χ1n) is 8.67. The van der Waals surface area contributed by atoms with Crippen LogP contribution in [0.5, 0.6) is 0 Å². The van der Waals surface area contributed by atoms with Crippen molar-refractivity contribution in [3.63, 3.8) is 0 Å². The molecule has 0 aromatic heterocycles. The zero-order chi connectivity index (χ0) is 18.7. The summed E-state index contributed by atoms with van der Waals surface area (Å²) in [5, 5.41) is 3.46. The number of benzene rings is 1. The molecule has 3 rings (SSSR count). The molecule has 0 fully saturated rings. The molecule has 3 atom stereocenters. The summed E-state index contributed by atoms with van der Waals surface area (Å²) in [4.78, 5) is 24.9. The highest BCUT2D eigenvalue weighted by atomic mass is 16.6. The lowest BCUT2D eigenvalue weighted by Crippen LogP contribution is -2.48. The molecule has 0 saturated heterocycles. The van der Waals surface area contributed by atoms with Crippen molar-refractivity contribution in [1.29, 1.82) is 0 Å². The molecule has 2 aliphatic heterocycles. The summed E-state index contributed by atoms with van der Waals surface area (Å²) in [5.74, 6) is -1.15. The van der Waals surface area contributed by atoms with Gasteiger partial charge in [-0.2, -0.15) is 0 Å². The fraction of sp³-hybridized carbons (Fsp3) is 0.400. The Morgan fingerprint density at radius 2 is 1.88 bits per heavy atom. The molecule has 0 saturated carbocycles. The minimum Gasteiger partial charge on any atom is -0.466 e. The molecule has 1 unspecified atom stereocenters. The molecular weight excluding hydrogens is 334 g/mol. The van der Waals surface area contributed by atoms with E-state index in [2.05, 4.69) is 12.2 Å². The zero-order valence-corrected chi connectivity index (χ0v) is 15.2. The third-order valence-electron chi connectivity index (χ3n) is 4.79. The lowest BCUT2D eigenvalue weighted by molar-refractivity contribution is -0.139. The van der Waals surface area contributed by atoms with Crippen molar-refractivity contribution in [3.05, 3.63) is 53.6 Å². The van der Waals surface area contributed by atoms with Gasteiger partial charge in [0.2, 0.25) is 0 Å². The highest BCUT2D eigenvalue weighted by molar-refractivity contribution is 6.05. The van der Waals surface area contributed by atoms with Gasteiger partial charge < -0.3 is 19.5 Å². The topological polar surface area (TPSA) is 73.9 Å². The molecule has 0 radical (unpaired) electrons. The van der Waals surface area contributed by atoms with Crippen molar-refractivity contribution < 1.29 is 23.8 Å². The lowest BCUT2D eigenvalue weighted by Gasteiger charge is -2.35. The fourth-order valence-electron chi connectivity index (χ4n) is 3.66. The number of ether oxygens (including phenoxy) is 3. The molecule has 0 amide bonds. The summed E-state index contributed by atoms with van der Waals surface area (Å²) in [7, 11) is 2.59. The van der Waals surface area contributed by atoms with Crippen LogP contribution < -0.4 is 5.32 Å². The number of esters is 2. The van der Waals surface area contributed by atoms with Crippen LogP contribution in [0.4, 0.5) is 5.69 Å². The number of methoxy groups -OCH3 is 2. The second-order valence-electron chi connectivity index (χ2n) is 6.31. The van der Waals surface area contributed by atoms with E-state index in [1.807, 2.05) is 36.4 Å².